The van der Waals surface area contributed by atoms with Crippen molar-refractivity contribution in [2.45, 2.75) is 18.9 Å². The summed E-state index contributed by atoms with van der Waals surface area (Å²) in [5, 5.41) is 18.4. The fraction of sp³-hybridized carbons (Fsp3) is 0.353. The van der Waals surface area contributed by atoms with Gasteiger partial charge in [0.25, 0.3) is 0 Å². The summed E-state index contributed by atoms with van der Waals surface area (Å²) in [6.45, 7) is 2.10. The Hall–Kier alpha value is -1.98. The zero-order valence-electron chi connectivity index (χ0n) is 12.8. The average Bonchev–Trinajstić information content (AvgIpc) is 3.10. The second-order valence-electron chi connectivity index (χ2n) is 5.91. The molecule has 1 aliphatic rings. The lowest BCUT2D eigenvalue weighted by atomic mass is 9.87. The van der Waals surface area contributed by atoms with Gasteiger partial charge in [-0.1, -0.05) is 36.4 Å². The molecule has 120 valence electrons. The van der Waals surface area contributed by atoms with Crippen molar-refractivity contribution >= 4 is 23.2 Å². The zero-order valence-corrected chi connectivity index (χ0v) is 13.6. The summed E-state index contributed by atoms with van der Waals surface area (Å²) in [5.41, 5.74) is 1.26. The Balaban J connectivity index is 0.00000156. The van der Waals surface area contributed by atoms with Crippen LogP contribution in [0, 0.1) is 5.92 Å². The first-order valence-electron chi connectivity index (χ1n) is 7.84. The molecule has 0 spiro atoms. The number of tetrazole rings is 1. The summed E-state index contributed by atoms with van der Waals surface area (Å²) in [6.07, 6.45) is 3.90. The van der Waals surface area contributed by atoms with Gasteiger partial charge in [0.05, 0.1) is 0 Å². The molecule has 1 fully saturated rings. The lowest BCUT2D eigenvalue weighted by Gasteiger charge is -2.30. The summed E-state index contributed by atoms with van der Waals surface area (Å²) in [6, 6.07) is 15.2. The Bertz CT molecular complexity index is 753. The maximum absolute atomic E-state index is 4.31. The van der Waals surface area contributed by atoms with Gasteiger partial charge in [-0.05, 0) is 52.9 Å². The highest BCUT2D eigenvalue weighted by Crippen LogP contribution is 2.31. The van der Waals surface area contributed by atoms with E-state index in [0.29, 0.717) is 5.92 Å². The van der Waals surface area contributed by atoms with Gasteiger partial charge in [-0.15, -0.1) is 22.6 Å². The molecule has 1 saturated heterocycles. The predicted octanol–water partition coefficient (Wildman–Crippen LogP) is 2.84. The SMILES string of the molecule is Cl.c1ccc2cc(C([C@H]3CCCNC3)n3ncnn3)ccc2c1. The van der Waals surface area contributed by atoms with Crippen molar-refractivity contribution < 1.29 is 0 Å². The zero-order chi connectivity index (χ0) is 14.8. The van der Waals surface area contributed by atoms with E-state index in [1.165, 1.54) is 35.5 Å². The molecule has 0 saturated carbocycles. The van der Waals surface area contributed by atoms with Crippen molar-refractivity contribution in [3.8, 4) is 0 Å². The second kappa shape index (κ2) is 7.06. The molecule has 5 nitrogen and oxygen atoms in total. The van der Waals surface area contributed by atoms with Crippen LogP contribution >= 0.6 is 12.4 Å². The highest BCUT2D eigenvalue weighted by molar-refractivity contribution is 5.85. The summed E-state index contributed by atoms with van der Waals surface area (Å²) < 4.78 is 0. The van der Waals surface area contributed by atoms with Gasteiger partial charge in [-0.25, -0.2) is 0 Å². The van der Waals surface area contributed by atoms with E-state index in [0.717, 1.165) is 13.1 Å². The third kappa shape index (κ3) is 3.21. The smallest absolute Gasteiger partial charge is 0.162 e. The molecular formula is C17H20ClN5. The van der Waals surface area contributed by atoms with Crippen molar-refractivity contribution in [2.24, 2.45) is 5.92 Å². The van der Waals surface area contributed by atoms with Gasteiger partial charge < -0.3 is 5.32 Å². The van der Waals surface area contributed by atoms with Crippen LogP contribution in [0.2, 0.25) is 0 Å². The number of benzene rings is 2. The highest BCUT2D eigenvalue weighted by atomic mass is 35.5. The Kier molecular flexibility index (Phi) is 4.88. The Morgan fingerprint density at radius 1 is 1.13 bits per heavy atom. The third-order valence-corrected chi connectivity index (χ3v) is 4.51. The van der Waals surface area contributed by atoms with Gasteiger partial charge in [0.1, 0.15) is 6.04 Å². The number of aromatic nitrogens is 4. The molecular weight excluding hydrogens is 310 g/mol. The first-order chi connectivity index (χ1) is 10.9. The maximum Gasteiger partial charge on any atom is 0.162 e. The van der Waals surface area contributed by atoms with Gasteiger partial charge in [-0.3, -0.25) is 0 Å². The molecule has 0 aliphatic carbocycles. The van der Waals surface area contributed by atoms with Crippen LogP contribution in [-0.4, -0.2) is 33.3 Å². The molecule has 1 unspecified atom stereocenters. The van der Waals surface area contributed by atoms with E-state index in [4.69, 9.17) is 0 Å². The van der Waals surface area contributed by atoms with Crippen LogP contribution in [0.5, 0.6) is 0 Å². The number of nitrogens with one attached hydrogen (secondary N) is 1. The first kappa shape index (κ1) is 15.9. The van der Waals surface area contributed by atoms with E-state index in [2.05, 4.69) is 63.2 Å². The lowest BCUT2D eigenvalue weighted by Crippen LogP contribution is -2.36. The van der Waals surface area contributed by atoms with Crippen LogP contribution in [-0.2, 0) is 0 Å². The molecule has 2 heterocycles. The Morgan fingerprint density at radius 2 is 2.00 bits per heavy atom. The monoisotopic (exact) mass is 329 g/mol. The number of hydrogen-bond donors (Lipinski definition) is 1. The van der Waals surface area contributed by atoms with Crippen molar-refractivity contribution in [1.29, 1.82) is 0 Å². The van der Waals surface area contributed by atoms with E-state index in [9.17, 15) is 0 Å². The summed E-state index contributed by atoms with van der Waals surface area (Å²) in [7, 11) is 0. The molecule has 3 aromatic rings. The number of hydrogen-bond acceptors (Lipinski definition) is 4. The van der Waals surface area contributed by atoms with Crippen LogP contribution < -0.4 is 5.32 Å². The Morgan fingerprint density at radius 3 is 2.74 bits per heavy atom. The molecule has 0 amide bonds. The average molecular weight is 330 g/mol. The van der Waals surface area contributed by atoms with Gasteiger partial charge >= 0.3 is 0 Å². The summed E-state index contributed by atoms with van der Waals surface area (Å²) in [4.78, 5) is 1.77. The van der Waals surface area contributed by atoms with Crippen molar-refractivity contribution in [3.05, 3.63) is 54.4 Å². The predicted molar refractivity (Wildman–Crippen MR) is 92.7 cm³/mol. The molecule has 2 atom stereocenters. The number of nitrogens with zero attached hydrogens (tertiary/aromatic N) is 4. The normalized spacial score (nSPS) is 19.2. The molecule has 0 radical (unpaired) electrons. The molecule has 0 bridgehead atoms. The summed E-state index contributed by atoms with van der Waals surface area (Å²) in [5.74, 6) is 0.490. The van der Waals surface area contributed by atoms with E-state index >= 15 is 0 Å². The van der Waals surface area contributed by atoms with Crippen LogP contribution in [0.15, 0.2) is 48.8 Å². The van der Waals surface area contributed by atoms with Crippen LogP contribution in [0.1, 0.15) is 24.4 Å². The van der Waals surface area contributed by atoms with Gasteiger partial charge in [0, 0.05) is 6.54 Å². The highest BCUT2D eigenvalue weighted by Gasteiger charge is 2.28. The largest absolute Gasteiger partial charge is 0.316 e. The van der Waals surface area contributed by atoms with Crippen LogP contribution in [0.3, 0.4) is 0 Å². The number of fused-ring (bicyclic) bond motifs is 1. The number of halogens is 1. The lowest BCUT2D eigenvalue weighted by molar-refractivity contribution is 0.261. The minimum Gasteiger partial charge on any atom is -0.316 e. The van der Waals surface area contributed by atoms with Gasteiger partial charge in [0.15, 0.2) is 6.33 Å². The van der Waals surface area contributed by atoms with Crippen molar-refractivity contribution in [2.75, 3.05) is 13.1 Å². The van der Waals surface area contributed by atoms with E-state index < -0.39 is 0 Å². The van der Waals surface area contributed by atoms with E-state index in [1.54, 1.807) is 4.80 Å². The fourth-order valence-electron chi connectivity index (χ4n) is 3.44. The third-order valence-electron chi connectivity index (χ3n) is 4.51. The molecule has 1 aliphatic heterocycles. The topological polar surface area (TPSA) is 55.6 Å². The molecule has 1 N–H and O–H groups in total. The minimum atomic E-state index is 0. The molecule has 1 aromatic heterocycles. The standard InChI is InChI=1S/C17H19N5.ClH/c1-2-5-14-10-15(8-7-13(14)4-1)17(22-20-12-19-21-22)16-6-3-9-18-11-16;/h1-2,4-5,7-8,10,12,16-18H,3,6,9,11H2;1H/t16-,17?;/m0./s1. The second-order valence-corrected chi connectivity index (χ2v) is 5.91. The van der Waals surface area contributed by atoms with E-state index in [-0.39, 0.29) is 18.4 Å². The first-order valence-corrected chi connectivity index (χ1v) is 7.84. The van der Waals surface area contributed by atoms with Crippen molar-refractivity contribution in [3.63, 3.8) is 0 Å². The van der Waals surface area contributed by atoms with Crippen LogP contribution in [0.4, 0.5) is 0 Å². The quantitative estimate of drug-likeness (QED) is 0.802. The van der Waals surface area contributed by atoms with Crippen molar-refractivity contribution in [1.82, 2.24) is 25.5 Å². The minimum absolute atomic E-state index is 0. The number of rotatable bonds is 3. The molecule has 4 rings (SSSR count). The van der Waals surface area contributed by atoms with E-state index in [1.807, 2.05) is 0 Å². The van der Waals surface area contributed by atoms with Gasteiger partial charge in [0.2, 0.25) is 0 Å². The Labute approximate surface area is 141 Å². The molecule has 23 heavy (non-hydrogen) atoms. The fourth-order valence-corrected chi connectivity index (χ4v) is 3.44. The summed E-state index contributed by atoms with van der Waals surface area (Å²) >= 11 is 0. The number of piperidine rings is 1. The molecule has 6 heteroatoms. The van der Waals surface area contributed by atoms with Gasteiger partial charge in [-0.2, -0.15) is 4.80 Å². The van der Waals surface area contributed by atoms with Crippen LogP contribution in [0.25, 0.3) is 10.8 Å². The molecule has 2 aromatic carbocycles. The maximum atomic E-state index is 4.31.